The SMILES string of the molecule is COC(=O)C1CCCN1C(=O)c1ccc(=O)oc1. The average molecular weight is 251 g/mol. The molecular formula is C12H13NO5. The maximum Gasteiger partial charge on any atom is 0.335 e. The zero-order chi connectivity index (χ0) is 13.1. The maximum atomic E-state index is 12.1. The summed E-state index contributed by atoms with van der Waals surface area (Å²) in [5.74, 6) is -0.745. The fraction of sp³-hybridized carbons (Fsp3) is 0.417. The lowest BCUT2D eigenvalue weighted by atomic mass is 10.2. The van der Waals surface area contributed by atoms with Gasteiger partial charge in [0.1, 0.15) is 12.3 Å². The quantitative estimate of drug-likeness (QED) is 0.712. The summed E-state index contributed by atoms with van der Waals surface area (Å²) in [5, 5.41) is 0. The molecule has 18 heavy (non-hydrogen) atoms. The standard InChI is InChI=1S/C12H13NO5/c1-17-12(16)9-3-2-6-13(9)11(15)8-4-5-10(14)18-7-8/h4-5,7,9H,2-3,6H2,1H3. The molecule has 96 valence electrons. The van der Waals surface area contributed by atoms with Crippen LogP contribution in [0.5, 0.6) is 0 Å². The van der Waals surface area contributed by atoms with Crippen molar-refractivity contribution in [3.8, 4) is 0 Å². The van der Waals surface area contributed by atoms with Gasteiger partial charge in [-0.05, 0) is 18.9 Å². The highest BCUT2D eigenvalue weighted by molar-refractivity contribution is 5.96. The first kappa shape index (κ1) is 12.3. The molecule has 2 heterocycles. The van der Waals surface area contributed by atoms with Crippen LogP contribution in [-0.2, 0) is 9.53 Å². The van der Waals surface area contributed by atoms with Crippen molar-refractivity contribution in [1.29, 1.82) is 0 Å². The molecule has 2 rings (SSSR count). The molecule has 1 amide bonds. The monoisotopic (exact) mass is 251 g/mol. The molecule has 0 radical (unpaired) electrons. The third kappa shape index (κ3) is 2.27. The van der Waals surface area contributed by atoms with Gasteiger partial charge in [-0.3, -0.25) is 4.79 Å². The molecule has 6 nitrogen and oxygen atoms in total. The predicted octanol–water partition coefficient (Wildman–Crippen LogP) is 0.417. The lowest BCUT2D eigenvalue weighted by molar-refractivity contribution is -0.145. The predicted molar refractivity (Wildman–Crippen MR) is 61.1 cm³/mol. The molecule has 1 aromatic heterocycles. The smallest absolute Gasteiger partial charge is 0.335 e. The van der Waals surface area contributed by atoms with Gasteiger partial charge in [0.15, 0.2) is 0 Å². The molecule has 0 saturated carbocycles. The number of carbonyl (C=O) groups is 2. The number of carbonyl (C=O) groups excluding carboxylic acids is 2. The van der Waals surface area contributed by atoms with Crippen LogP contribution < -0.4 is 5.63 Å². The van der Waals surface area contributed by atoms with Crippen LogP contribution in [0.1, 0.15) is 23.2 Å². The van der Waals surface area contributed by atoms with Crippen LogP contribution in [-0.4, -0.2) is 36.5 Å². The molecule has 0 aromatic carbocycles. The molecule has 0 spiro atoms. The molecule has 0 bridgehead atoms. The van der Waals surface area contributed by atoms with Crippen molar-refractivity contribution in [2.75, 3.05) is 13.7 Å². The molecule has 1 aliphatic rings. The number of ether oxygens (including phenoxy) is 1. The van der Waals surface area contributed by atoms with Crippen LogP contribution in [0.4, 0.5) is 0 Å². The highest BCUT2D eigenvalue weighted by atomic mass is 16.5. The van der Waals surface area contributed by atoms with Crippen molar-refractivity contribution >= 4 is 11.9 Å². The van der Waals surface area contributed by atoms with Crippen molar-refractivity contribution in [2.24, 2.45) is 0 Å². The van der Waals surface area contributed by atoms with Gasteiger partial charge in [0.25, 0.3) is 5.91 Å². The number of hydrogen-bond donors (Lipinski definition) is 0. The van der Waals surface area contributed by atoms with Crippen molar-refractivity contribution in [2.45, 2.75) is 18.9 Å². The summed E-state index contributed by atoms with van der Waals surface area (Å²) in [6.07, 6.45) is 2.45. The molecule has 0 aliphatic carbocycles. The van der Waals surface area contributed by atoms with Crippen molar-refractivity contribution in [3.05, 3.63) is 34.4 Å². The second-order valence-electron chi connectivity index (χ2n) is 4.02. The summed E-state index contributed by atoms with van der Waals surface area (Å²) in [6.45, 7) is 0.498. The fourth-order valence-corrected chi connectivity index (χ4v) is 2.04. The maximum absolute atomic E-state index is 12.1. The van der Waals surface area contributed by atoms with E-state index in [4.69, 9.17) is 0 Å². The van der Waals surface area contributed by atoms with Crippen molar-refractivity contribution < 1.29 is 18.7 Å². The molecular weight excluding hydrogens is 238 g/mol. The van der Waals surface area contributed by atoms with Gasteiger partial charge in [-0.25, -0.2) is 9.59 Å². The van der Waals surface area contributed by atoms with E-state index < -0.39 is 17.6 Å². The molecule has 1 aliphatic heterocycles. The van der Waals surface area contributed by atoms with Crippen LogP contribution in [0.3, 0.4) is 0 Å². The van der Waals surface area contributed by atoms with Crippen LogP contribution >= 0.6 is 0 Å². The zero-order valence-electron chi connectivity index (χ0n) is 9.92. The number of esters is 1. The molecule has 6 heteroatoms. The number of nitrogens with zero attached hydrogens (tertiary/aromatic N) is 1. The normalized spacial score (nSPS) is 18.7. The highest BCUT2D eigenvalue weighted by Gasteiger charge is 2.35. The van der Waals surface area contributed by atoms with Gasteiger partial charge < -0.3 is 14.1 Å². The molecule has 0 N–H and O–H groups in total. The molecule has 1 fully saturated rings. The molecule has 1 aromatic rings. The van der Waals surface area contributed by atoms with E-state index in [0.29, 0.717) is 13.0 Å². The zero-order valence-corrected chi connectivity index (χ0v) is 9.92. The Morgan fingerprint density at radius 3 is 2.83 bits per heavy atom. The second-order valence-corrected chi connectivity index (χ2v) is 4.02. The largest absolute Gasteiger partial charge is 0.467 e. The Balaban J connectivity index is 2.20. The Morgan fingerprint density at radius 2 is 2.22 bits per heavy atom. The van der Waals surface area contributed by atoms with Gasteiger partial charge in [-0.2, -0.15) is 0 Å². The lowest BCUT2D eigenvalue weighted by Crippen LogP contribution is -2.41. The Kier molecular flexibility index (Phi) is 3.45. The molecule has 1 unspecified atom stereocenters. The van der Waals surface area contributed by atoms with Gasteiger partial charge in [0.2, 0.25) is 0 Å². The number of rotatable bonds is 2. The van der Waals surface area contributed by atoms with Crippen LogP contribution in [0.2, 0.25) is 0 Å². The summed E-state index contributed by atoms with van der Waals surface area (Å²) in [6, 6.07) is 2.02. The van der Waals surface area contributed by atoms with E-state index in [9.17, 15) is 14.4 Å². The van der Waals surface area contributed by atoms with Gasteiger partial charge in [0, 0.05) is 12.6 Å². The molecule has 1 saturated heterocycles. The Labute approximate surface area is 103 Å². The minimum atomic E-state index is -0.547. The Bertz CT molecular complexity index is 501. The summed E-state index contributed by atoms with van der Waals surface area (Å²) >= 11 is 0. The minimum Gasteiger partial charge on any atom is -0.467 e. The molecule has 1 atom stereocenters. The topological polar surface area (TPSA) is 76.8 Å². The van der Waals surface area contributed by atoms with E-state index in [1.165, 1.54) is 24.1 Å². The third-order valence-corrected chi connectivity index (χ3v) is 2.93. The number of likely N-dealkylation sites (tertiary alicyclic amines) is 1. The van der Waals surface area contributed by atoms with Crippen molar-refractivity contribution in [3.63, 3.8) is 0 Å². The van der Waals surface area contributed by atoms with E-state index in [-0.39, 0.29) is 11.5 Å². The lowest BCUT2D eigenvalue weighted by Gasteiger charge is -2.22. The first-order valence-electron chi connectivity index (χ1n) is 5.61. The van der Waals surface area contributed by atoms with E-state index >= 15 is 0 Å². The van der Waals surface area contributed by atoms with E-state index in [2.05, 4.69) is 9.15 Å². The van der Waals surface area contributed by atoms with Crippen LogP contribution in [0.15, 0.2) is 27.6 Å². The Morgan fingerprint density at radius 1 is 1.44 bits per heavy atom. The first-order valence-corrected chi connectivity index (χ1v) is 5.61. The fourth-order valence-electron chi connectivity index (χ4n) is 2.04. The number of methoxy groups -OCH3 is 1. The van der Waals surface area contributed by atoms with E-state index in [0.717, 1.165) is 12.7 Å². The van der Waals surface area contributed by atoms with Gasteiger partial charge >= 0.3 is 11.6 Å². The number of hydrogen-bond acceptors (Lipinski definition) is 5. The van der Waals surface area contributed by atoms with Gasteiger partial charge in [-0.1, -0.05) is 0 Å². The van der Waals surface area contributed by atoms with Crippen LogP contribution in [0.25, 0.3) is 0 Å². The first-order chi connectivity index (χ1) is 8.63. The summed E-state index contributed by atoms with van der Waals surface area (Å²) in [5.41, 5.74) is -0.261. The number of amides is 1. The van der Waals surface area contributed by atoms with Crippen LogP contribution in [0, 0.1) is 0 Å². The summed E-state index contributed by atoms with van der Waals surface area (Å²) in [7, 11) is 1.30. The summed E-state index contributed by atoms with van der Waals surface area (Å²) in [4.78, 5) is 35.9. The average Bonchev–Trinajstić information content (AvgIpc) is 2.87. The Hall–Kier alpha value is -2.11. The van der Waals surface area contributed by atoms with E-state index in [1.807, 2.05) is 0 Å². The van der Waals surface area contributed by atoms with Crippen molar-refractivity contribution in [1.82, 2.24) is 4.90 Å². The highest BCUT2D eigenvalue weighted by Crippen LogP contribution is 2.20. The summed E-state index contributed by atoms with van der Waals surface area (Å²) < 4.78 is 9.31. The second kappa shape index (κ2) is 5.03. The minimum absolute atomic E-state index is 0.255. The van der Waals surface area contributed by atoms with E-state index in [1.54, 1.807) is 0 Å². The van der Waals surface area contributed by atoms with Gasteiger partial charge in [-0.15, -0.1) is 0 Å². The third-order valence-electron chi connectivity index (χ3n) is 2.93. The van der Waals surface area contributed by atoms with Gasteiger partial charge in [0.05, 0.1) is 12.7 Å².